The van der Waals surface area contributed by atoms with Crippen LogP contribution in [0.5, 0.6) is 0 Å². The predicted molar refractivity (Wildman–Crippen MR) is 125 cm³/mol. The van der Waals surface area contributed by atoms with Crippen molar-refractivity contribution in [1.82, 2.24) is 4.90 Å². The number of nitrogens with one attached hydrogen (secondary N) is 1. The molecule has 0 aromatic heterocycles. The molecule has 0 unspecified atom stereocenters. The first-order chi connectivity index (χ1) is 16.2. The number of para-hydroxylation sites is 1. The molecule has 6 nitrogen and oxygen atoms in total. The number of aliphatic imine (C=N–C) groups is 1. The fourth-order valence-corrected chi connectivity index (χ4v) is 5.00. The lowest BCUT2D eigenvalue weighted by molar-refractivity contribution is -0.137. The first-order valence-corrected chi connectivity index (χ1v) is 11.9. The summed E-state index contributed by atoms with van der Waals surface area (Å²) in [5.41, 5.74) is -0.430. The van der Waals surface area contributed by atoms with Crippen molar-refractivity contribution >= 4 is 51.7 Å². The zero-order valence-corrected chi connectivity index (χ0v) is 19.4. The van der Waals surface area contributed by atoms with E-state index in [1.54, 1.807) is 12.1 Å². The van der Waals surface area contributed by atoms with E-state index in [1.807, 2.05) is 18.2 Å². The number of amidine groups is 1. The minimum absolute atomic E-state index is 0.0295. The fraction of sp³-hybridized carbons (Fsp3) is 0.348. The van der Waals surface area contributed by atoms with Crippen LogP contribution in [0.25, 0.3) is 0 Å². The van der Waals surface area contributed by atoms with Gasteiger partial charge in [-0.2, -0.15) is 13.2 Å². The van der Waals surface area contributed by atoms with Gasteiger partial charge >= 0.3 is 6.18 Å². The number of carbonyl (C=O) groups excluding carboxylic acids is 2. The van der Waals surface area contributed by atoms with Gasteiger partial charge in [0.1, 0.15) is 5.25 Å². The lowest BCUT2D eigenvalue weighted by Gasteiger charge is -2.20. The van der Waals surface area contributed by atoms with E-state index in [2.05, 4.69) is 10.3 Å². The van der Waals surface area contributed by atoms with Crippen molar-refractivity contribution in [3.63, 3.8) is 0 Å². The Hall–Kier alpha value is -2.56. The summed E-state index contributed by atoms with van der Waals surface area (Å²) >= 11 is 7.12. The Kier molecular flexibility index (Phi) is 7.49. The van der Waals surface area contributed by atoms with Crippen LogP contribution in [0.1, 0.15) is 24.8 Å². The highest BCUT2D eigenvalue weighted by Crippen LogP contribution is 2.35. The van der Waals surface area contributed by atoms with E-state index in [1.165, 1.54) is 4.90 Å². The molecule has 0 saturated carbocycles. The summed E-state index contributed by atoms with van der Waals surface area (Å²) < 4.78 is 44.7. The molecule has 1 N–H and O–H groups in total. The molecule has 2 atom stereocenters. The van der Waals surface area contributed by atoms with Crippen molar-refractivity contribution in [2.75, 3.05) is 18.5 Å². The number of rotatable bonds is 6. The maximum absolute atomic E-state index is 13.1. The van der Waals surface area contributed by atoms with Crippen LogP contribution in [0, 0.1) is 0 Å². The van der Waals surface area contributed by atoms with Crippen LogP contribution in [0.3, 0.4) is 0 Å². The highest BCUT2D eigenvalue weighted by molar-refractivity contribution is 8.15. The van der Waals surface area contributed by atoms with Gasteiger partial charge in [-0.15, -0.1) is 0 Å². The van der Waals surface area contributed by atoms with Crippen LogP contribution in [0.4, 0.5) is 24.5 Å². The molecule has 2 heterocycles. The quantitative estimate of drug-likeness (QED) is 0.556. The molecule has 0 bridgehead atoms. The highest BCUT2D eigenvalue weighted by atomic mass is 35.5. The van der Waals surface area contributed by atoms with Gasteiger partial charge in [0.05, 0.1) is 34.6 Å². The number of anilines is 1. The summed E-state index contributed by atoms with van der Waals surface area (Å²) in [7, 11) is 0. The minimum Gasteiger partial charge on any atom is -0.376 e. The number of ether oxygens (including phenoxy) is 1. The van der Waals surface area contributed by atoms with Gasteiger partial charge in [-0.25, -0.2) is 4.99 Å². The molecule has 2 saturated heterocycles. The van der Waals surface area contributed by atoms with Gasteiger partial charge in [0.25, 0.3) is 0 Å². The Bertz CT molecular complexity index is 1090. The van der Waals surface area contributed by atoms with Gasteiger partial charge < -0.3 is 10.1 Å². The molecule has 0 spiro atoms. The molecule has 2 aromatic rings. The largest absolute Gasteiger partial charge is 0.416 e. The second-order valence-corrected chi connectivity index (χ2v) is 9.44. The lowest BCUT2D eigenvalue weighted by atomic mass is 10.1. The van der Waals surface area contributed by atoms with Crippen molar-refractivity contribution in [1.29, 1.82) is 0 Å². The van der Waals surface area contributed by atoms with Crippen LogP contribution in [-0.4, -0.2) is 46.4 Å². The summed E-state index contributed by atoms with van der Waals surface area (Å²) in [6.07, 6.45) is -3.19. The Balaban J connectivity index is 1.49. The van der Waals surface area contributed by atoms with E-state index in [9.17, 15) is 22.8 Å². The number of benzene rings is 2. The molecule has 2 fully saturated rings. The third-order valence-corrected chi connectivity index (χ3v) is 6.85. The molecule has 34 heavy (non-hydrogen) atoms. The summed E-state index contributed by atoms with van der Waals surface area (Å²) in [5, 5.41) is 2.06. The van der Waals surface area contributed by atoms with Gasteiger partial charge in [0.2, 0.25) is 11.8 Å². The number of hydrogen-bond donors (Lipinski definition) is 1. The number of alkyl halides is 3. The third kappa shape index (κ3) is 5.92. The van der Waals surface area contributed by atoms with Crippen LogP contribution in [0.2, 0.25) is 5.02 Å². The molecule has 2 aromatic carbocycles. The van der Waals surface area contributed by atoms with Crippen LogP contribution in [0.15, 0.2) is 53.5 Å². The van der Waals surface area contributed by atoms with Gasteiger partial charge in [-0.1, -0.05) is 41.6 Å². The second kappa shape index (κ2) is 10.4. The Morgan fingerprint density at radius 2 is 2.00 bits per heavy atom. The maximum atomic E-state index is 13.1. The highest BCUT2D eigenvalue weighted by Gasteiger charge is 2.41. The zero-order chi connectivity index (χ0) is 24.3. The number of nitrogens with zero attached hydrogens (tertiary/aromatic N) is 2. The molecule has 2 aliphatic rings. The van der Waals surface area contributed by atoms with Gasteiger partial charge in [-0.05, 0) is 43.2 Å². The van der Waals surface area contributed by atoms with Crippen molar-refractivity contribution in [3.05, 3.63) is 59.1 Å². The van der Waals surface area contributed by atoms with E-state index in [4.69, 9.17) is 16.3 Å². The Labute approximate surface area is 203 Å². The second-order valence-electron chi connectivity index (χ2n) is 7.86. The van der Waals surface area contributed by atoms with E-state index >= 15 is 0 Å². The molecule has 180 valence electrons. The van der Waals surface area contributed by atoms with E-state index in [-0.39, 0.29) is 29.1 Å². The van der Waals surface area contributed by atoms with Crippen molar-refractivity contribution in [2.45, 2.75) is 36.8 Å². The van der Waals surface area contributed by atoms with Crippen LogP contribution in [-0.2, 0) is 20.5 Å². The summed E-state index contributed by atoms with van der Waals surface area (Å²) in [6, 6.07) is 11.8. The van der Waals surface area contributed by atoms with Crippen molar-refractivity contribution in [2.24, 2.45) is 4.99 Å². The molecule has 2 aliphatic heterocycles. The SMILES string of the molecule is O=C(C[C@H]1SC(=Nc2ccccc2)N(C[C@@H]2CCCO2)C1=O)Nc1cc(C(F)(F)F)ccc1Cl. The number of thioether (sulfide) groups is 1. The molecule has 4 rings (SSSR count). The topological polar surface area (TPSA) is 71.0 Å². The maximum Gasteiger partial charge on any atom is 0.416 e. The number of carbonyl (C=O) groups is 2. The molecular weight excluding hydrogens is 491 g/mol. The molecule has 2 amide bonds. The molecule has 0 aliphatic carbocycles. The Morgan fingerprint density at radius 1 is 1.24 bits per heavy atom. The van der Waals surface area contributed by atoms with Gasteiger partial charge in [0, 0.05) is 13.0 Å². The normalized spacial score (nSPS) is 21.9. The van der Waals surface area contributed by atoms with E-state index < -0.39 is 22.9 Å². The number of hydrogen-bond acceptors (Lipinski definition) is 5. The van der Waals surface area contributed by atoms with E-state index in [0.717, 1.165) is 42.8 Å². The molecular formula is C23H21ClF3N3O3S. The average Bonchev–Trinajstić information content (AvgIpc) is 3.40. The third-order valence-electron chi connectivity index (χ3n) is 5.35. The molecule has 11 heteroatoms. The first kappa shape index (κ1) is 24.6. The summed E-state index contributed by atoms with van der Waals surface area (Å²) in [4.78, 5) is 31.9. The van der Waals surface area contributed by atoms with Gasteiger partial charge in [-0.3, -0.25) is 14.5 Å². The standard InChI is InChI=1S/C23H21ClF3N3O3S/c24-17-9-8-14(23(25,26)27)11-18(17)29-20(31)12-19-21(32)30(13-16-7-4-10-33-16)22(34-19)28-15-5-2-1-3-6-15/h1-3,5-6,8-9,11,16,19H,4,7,10,12-13H2,(H,29,31)/t16-,19+/m0/s1. The summed E-state index contributed by atoms with van der Waals surface area (Å²) in [6.45, 7) is 0.962. The predicted octanol–water partition coefficient (Wildman–Crippen LogP) is 5.50. The average molecular weight is 512 g/mol. The smallest absolute Gasteiger partial charge is 0.376 e. The Morgan fingerprint density at radius 3 is 2.68 bits per heavy atom. The fourth-order valence-electron chi connectivity index (χ4n) is 3.67. The number of amides is 2. The summed E-state index contributed by atoms with van der Waals surface area (Å²) in [5.74, 6) is -0.912. The minimum atomic E-state index is -4.58. The van der Waals surface area contributed by atoms with Crippen LogP contribution < -0.4 is 5.32 Å². The first-order valence-electron chi connectivity index (χ1n) is 10.6. The monoisotopic (exact) mass is 511 g/mol. The zero-order valence-electron chi connectivity index (χ0n) is 17.8. The van der Waals surface area contributed by atoms with Crippen molar-refractivity contribution < 1.29 is 27.5 Å². The number of halogens is 4. The van der Waals surface area contributed by atoms with E-state index in [0.29, 0.717) is 24.0 Å². The van der Waals surface area contributed by atoms with Crippen LogP contribution >= 0.6 is 23.4 Å². The molecule has 0 radical (unpaired) electrons. The van der Waals surface area contributed by atoms with Gasteiger partial charge in [0.15, 0.2) is 5.17 Å². The van der Waals surface area contributed by atoms with Crippen molar-refractivity contribution in [3.8, 4) is 0 Å². The lowest BCUT2D eigenvalue weighted by Crippen LogP contribution is -2.38.